The molecule has 8 heteroatoms. The molecule has 0 saturated carbocycles. The van der Waals surface area contributed by atoms with E-state index < -0.39 is 23.4 Å². The first-order chi connectivity index (χ1) is 11.8. The van der Waals surface area contributed by atoms with E-state index >= 15 is 0 Å². The molecule has 1 heterocycles. The van der Waals surface area contributed by atoms with Gasteiger partial charge in [-0.2, -0.15) is 13.2 Å². The molecule has 0 saturated heterocycles. The summed E-state index contributed by atoms with van der Waals surface area (Å²) in [5.74, 6) is 0. The van der Waals surface area contributed by atoms with Crippen LogP contribution in [0.25, 0.3) is 11.0 Å². The molecule has 0 fully saturated rings. The van der Waals surface area contributed by atoms with Gasteiger partial charge in [-0.15, -0.1) is 0 Å². The normalized spacial score (nSPS) is 11.5. The summed E-state index contributed by atoms with van der Waals surface area (Å²) in [6.45, 7) is 2.57. The van der Waals surface area contributed by atoms with Gasteiger partial charge < -0.3 is 15.1 Å². The number of hydrogen-bond donors (Lipinski definition) is 2. The van der Waals surface area contributed by atoms with Crippen molar-refractivity contribution in [1.82, 2.24) is 5.32 Å². The molecule has 0 unspecified atom stereocenters. The molecule has 0 aliphatic rings. The summed E-state index contributed by atoms with van der Waals surface area (Å²) in [5.41, 5.74) is -2.18. The summed E-state index contributed by atoms with van der Waals surface area (Å²) in [6, 6.07) is 3.64. The number of fused-ring (bicyclic) bond motifs is 1. The van der Waals surface area contributed by atoms with Crippen LogP contribution < -0.4 is 16.3 Å². The summed E-state index contributed by atoms with van der Waals surface area (Å²) in [4.78, 5) is 23.1. The lowest BCUT2D eigenvalue weighted by molar-refractivity contribution is -0.136. The molecule has 0 atom stereocenters. The number of hydrogen-bond acceptors (Lipinski definition) is 3. The van der Waals surface area contributed by atoms with Gasteiger partial charge in [0.2, 0.25) is 0 Å². The number of benzene rings is 1. The fourth-order valence-corrected chi connectivity index (χ4v) is 2.40. The van der Waals surface area contributed by atoms with Crippen molar-refractivity contribution in [2.24, 2.45) is 0 Å². The minimum Gasteiger partial charge on any atom is -0.423 e. The first-order valence-electron chi connectivity index (χ1n) is 8.01. The third-order valence-corrected chi connectivity index (χ3v) is 3.62. The number of alkyl halides is 3. The maximum atomic E-state index is 13.1. The van der Waals surface area contributed by atoms with Gasteiger partial charge >= 0.3 is 17.8 Å². The Balaban J connectivity index is 2.14. The Kier molecular flexibility index (Phi) is 6.06. The molecule has 2 aromatic rings. The fourth-order valence-electron chi connectivity index (χ4n) is 2.40. The van der Waals surface area contributed by atoms with Gasteiger partial charge in [0.15, 0.2) is 0 Å². The van der Waals surface area contributed by atoms with E-state index in [1.165, 1.54) is 12.1 Å². The number of urea groups is 1. The van der Waals surface area contributed by atoms with E-state index in [1.54, 1.807) is 0 Å². The molecule has 136 valence electrons. The summed E-state index contributed by atoms with van der Waals surface area (Å²) in [6.07, 6.45) is -0.697. The fraction of sp³-hybridized carbons (Fsp3) is 0.412. The number of anilines is 1. The minimum absolute atomic E-state index is 0.179. The summed E-state index contributed by atoms with van der Waals surface area (Å²) < 4.78 is 44.0. The van der Waals surface area contributed by atoms with Crippen LogP contribution in [0.15, 0.2) is 33.5 Å². The summed E-state index contributed by atoms with van der Waals surface area (Å²) in [7, 11) is 0. The van der Waals surface area contributed by atoms with Gasteiger partial charge in [0.25, 0.3) is 0 Å². The number of halogens is 3. The van der Waals surface area contributed by atoms with Crippen molar-refractivity contribution in [2.45, 2.75) is 38.8 Å². The van der Waals surface area contributed by atoms with Crippen molar-refractivity contribution in [3.8, 4) is 0 Å². The van der Waals surface area contributed by atoms with Crippen molar-refractivity contribution in [2.75, 3.05) is 11.9 Å². The highest BCUT2D eigenvalue weighted by atomic mass is 19.4. The van der Waals surface area contributed by atoms with Crippen LogP contribution in [0.5, 0.6) is 0 Å². The van der Waals surface area contributed by atoms with E-state index in [4.69, 9.17) is 4.42 Å². The average molecular weight is 356 g/mol. The van der Waals surface area contributed by atoms with E-state index in [1.807, 2.05) is 0 Å². The lowest BCUT2D eigenvalue weighted by Gasteiger charge is -2.11. The Hall–Kier alpha value is -2.51. The highest BCUT2D eigenvalue weighted by Crippen LogP contribution is 2.34. The highest BCUT2D eigenvalue weighted by Gasteiger charge is 2.33. The van der Waals surface area contributed by atoms with Gasteiger partial charge in [0.1, 0.15) is 5.58 Å². The van der Waals surface area contributed by atoms with E-state index in [9.17, 15) is 22.8 Å². The molecule has 1 aromatic carbocycles. The quantitative estimate of drug-likeness (QED) is 0.591. The van der Waals surface area contributed by atoms with Crippen molar-refractivity contribution >= 4 is 22.7 Å². The molecule has 0 bridgehead atoms. The Bertz CT molecular complexity index is 800. The molecule has 1 aromatic heterocycles. The van der Waals surface area contributed by atoms with Gasteiger partial charge in [0.05, 0.1) is 5.56 Å². The van der Waals surface area contributed by atoms with Crippen LogP contribution in [0.2, 0.25) is 0 Å². The predicted molar refractivity (Wildman–Crippen MR) is 88.6 cm³/mol. The zero-order valence-corrected chi connectivity index (χ0v) is 13.7. The first kappa shape index (κ1) is 18.8. The lowest BCUT2D eigenvalue weighted by Crippen LogP contribution is -2.29. The van der Waals surface area contributed by atoms with Crippen molar-refractivity contribution in [3.05, 3.63) is 40.2 Å². The van der Waals surface area contributed by atoms with Gasteiger partial charge in [-0.3, -0.25) is 0 Å². The molecular formula is C17H19F3N2O3. The van der Waals surface area contributed by atoms with E-state index in [0.717, 1.165) is 31.7 Å². The smallest absolute Gasteiger partial charge is 0.417 e. The van der Waals surface area contributed by atoms with E-state index in [0.29, 0.717) is 12.6 Å². The Morgan fingerprint density at radius 2 is 1.92 bits per heavy atom. The lowest BCUT2D eigenvalue weighted by atomic mass is 10.1. The van der Waals surface area contributed by atoms with Crippen LogP contribution in [0.4, 0.5) is 23.7 Å². The number of amides is 2. The van der Waals surface area contributed by atoms with Crippen LogP contribution in [-0.4, -0.2) is 12.6 Å². The molecule has 2 N–H and O–H groups in total. The Morgan fingerprint density at radius 1 is 1.16 bits per heavy atom. The maximum Gasteiger partial charge on any atom is 0.417 e. The van der Waals surface area contributed by atoms with Crippen LogP contribution in [0.1, 0.15) is 38.2 Å². The van der Waals surface area contributed by atoms with Gasteiger partial charge in [-0.25, -0.2) is 9.59 Å². The second kappa shape index (κ2) is 8.04. The first-order valence-corrected chi connectivity index (χ1v) is 8.01. The standard InChI is InChI=1S/C17H19F3N2O3/c1-2-3-4-5-8-21-16(24)22-11-6-7-14-12(9-11)13(17(18,19)20)10-15(23)25-14/h6-7,9-10H,2-5,8H2,1H3,(H2,21,22,24). The van der Waals surface area contributed by atoms with Gasteiger partial charge in [0, 0.05) is 23.7 Å². The molecule has 25 heavy (non-hydrogen) atoms. The molecule has 0 spiro atoms. The number of rotatable bonds is 6. The Labute approximate surface area is 142 Å². The third-order valence-electron chi connectivity index (χ3n) is 3.62. The van der Waals surface area contributed by atoms with Crippen LogP contribution in [0, 0.1) is 0 Å². The number of unbranched alkanes of at least 4 members (excludes halogenated alkanes) is 3. The van der Waals surface area contributed by atoms with Crippen molar-refractivity contribution < 1.29 is 22.4 Å². The Morgan fingerprint density at radius 3 is 2.60 bits per heavy atom. The van der Waals surface area contributed by atoms with Crippen LogP contribution in [-0.2, 0) is 6.18 Å². The summed E-state index contributed by atoms with van der Waals surface area (Å²) in [5, 5.41) is 4.84. The highest BCUT2D eigenvalue weighted by molar-refractivity contribution is 5.93. The molecule has 0 aliphatic carbocycles. The molecule has 2 amide bonds. The maximum absolute atomic E-state index is 13.1. The van der Waals surface area contributed by atoms with Crippen molar-refractivity contribution in [1.29, 1.82) is 0 Å². The second-order valence-electron chi connectivity index (χ2n) is 5.63. The number of carbonyl (C=O) groups is 1. The van der Waals surface area contributed by atoms with Crippen molar-refractivity contribution in [3.63, 3.8) is 0 Å². The monoisotopic (exact) mass is 356 g/mol. The molecular weight excluding hydrogens is 337 g/mol. The summed E-state index contributed by atoms with van der Waals surface area (Å²) >= 11 is 0. The third kappa shape index (κ3) is 5.23. The predicted octanol–water partition coefficient (Wildman–Crippen LogP) is 4.51. The average Bonchev–Trinajstić information content (AvgIpc) is 2.53. The second-order valence-corrected chi connectivity index (χ2v) is 5.63. The van der Waals surface area contributed by atoms with Gasteiger partial charge in [-0.05, 0) is 24.6 Å². The van der Waals surface area contributed by atoms with Crippen LogP contribution in [0.3, 0.4) is 0 Å². The topological polar surface area (TPSA) is 71.3 Å². The van der Waals surface area contributed by atoms with E-state index in [2.05, 4.69) is 17.6 Å². The SMILES string of the molecule is CCCCCCNC(=O)Nc1ccc2oc(=O)cc(C(F)(F)F)c2c1. The zero-order valence-electron chi connectivity index (χ0n) is 13.7. The largest absolute Gasteiger partial charge is 0.423 e. The zero-order chi connectivity index (χ0) is 18.4. The molecule has 0 radical (unpaired) electrons. The number of carbonyl (C=O) groups excluding carboxylic acids is 1. The minimum atomic E-state index is -4.70. The van der Waals surface area contributed by atoms with Crippen LogP contribution >= 0.6 is 0 Å². The number of nitrogens with one attached hydrogen (secondary N) is 2. The molecule has 2 rings (SSSR count). The molecule has 0 aliphatic heterocycles. The molecule has 5 nitrogen and oxygen atoms in total. The van der Waals surface area contributed by atoms with E-state index in [-0.39, 0.29) is 16.7 Å². The van der Waals surface area contributed by atoms with Gasteiger partial charge in [-0.1, -0.05) is 26.2 Å².